The molecule has 1 N–H and O–H groups in total. The van der Waals surface area contributed by atoms with Crippen LogP contribution in [0.25, 0.3) is 11.3 Å². The molecule has 0 atom stereocenters. The summed E-state index contributed by atoms with van der Waals surface area (Å²) in [7, 11) is 0. The highest BCUT2D eigenvalue weighted by atomic mass is 16.2. The second kappa shape index (κ2) is 6.87. The van der Waals surface area contributed by atoms with Crippen LogP contribution in [-0.2, 0) is 11.3 Å². The maximum absolute atomic E-state index is 12.2. The van der Waals surface area contributed by atoms with Gasteiger partial charge in [-0.15, -0.1) is 0 Å². The molecule has 0 saturated heterocycles. The second-order valence-corrected chi connectivity index (χ2v) is 5.32. The van der Waals surface area contributed by atoms with Crippen LogP contribution in [0.2, 0.25) is 0 Å². The molecule has 6 heteroatoms. The van der Waals surface area contributed by atoms with Crippen molar-refractivity contribution in [3.63, 3.8) is 0 Å². The van der Waals surface area contributed by atoms with Crippen molar-refractivity contribution in [2.24, 2.45) is 0 Å². The minimum Gasteiger partial charge on any atom is -0.309 e. The number of carbonyl (C=O) groups is 1. The predicted octanol–water partition coefficient (Wildman–Crippen LogP) is 2.25. The van der Waals surface area contributed by atoms with Crippen molar-refractivity contribution in [3.8, 4) is 11.3 Å². The Labute approximate surface area is 138 Å². The molecule has 0 aliphatic rings. The van der Waals surface area contributed by atoms with Crippen LogP contribution in [0.15, 0.2) is 65.7 Å². The Bertz CT molecular complexity index is 920. The zero-order chi connectivity index (χ0) is 16.9. The number of hydrogen-bond donors (Lipinski definition) is 1. The average Bonchev–Trinajstić information content (AvgIpc) is 2.57. The first-order chi connectivity index (χ1) is 11.6. The van der Waals surface area contributed by atoms with Crippen LogP contribution in [0.4, 0.5) is 5.82 Å². The van der Waals surface area contributed by atoms with Gasteiger partial charge >= 0.3 is 0 Å². The van der Waals surface area contributed by atoms with Crippen molar-refractivity contribution in [2.75, 3.05) is 5.32 Å². The van der Waals surface area contributed by atoms with Gasteiger partial charge in [-0.2, -0.15) is 0 Å². The van der Waals surface area contributed by atoms with Crippen LogP contribution in [0.3, 0.4) is 0 Å². The molecule has 3 rings (SSSR count). The van der Waals surface area contributed by atoms with E-state index in [1.165, 1.54) is 17.0 Å². The highest BCUT2D eigenvalue weighted by Crippen LogP contribution is 2.13. The minimum atomic E-state index is -0.329. The van der Waals surface area contributed by atoms with E-state index >= 15 is 0 Å². The molecule has 0 saturated carbocycles. The number of amides is 1. The van der Waals surface area contributed by atoms with E-state index in [2.05, 4.69) is 15.3 Å². The number of hydrogen-bond acceptors (Lipinski definition) is 4. The largest absolute Gasteiger partial charge is 0.309 e. The molecule has 1 amide bonds. The molecule has 0 radical (unpaired) electrons. The molecule has 3 aromatic rings. The fourth-order valence-corrected chi connectivity index (χ4v) is 2.26. The third-order valence-electron chi connectivity index (χ3n) is 3.42. The van der Waals surface area contributed by atoms with Gasteiger partial charge in [0.05, 0.1) is 12.0 Å². The predicted molar refractivity (Wildman–Crippen MR) is 91.5 cm³/mol. The van der Waals surface area contributed by atoms with Gasteiger partial charge in [0.2, 0.25) is 5.91 Å². The molecule has 0 aliphatic carbocycles. The summed E-state index contributed by atoms with van der Waals surface area (Å²) < 4.78 is 1.26. The summed E-state index contributed by atoms with van der Waals surface area (Å²) in [5.74, 6) is 0.131. The van der Waals surface area contributed by atoms with Gasteiger partial charge in [-0.05, 0) is 19.1 Å². The minimum absolute atomic E-state index is 0.115. The summed E-state index contributed by atoms with van der Waals surface area (Å²) in [5, 5.41) is 2.67. The number of nitrogens with one attached hydrogen (secondary N) is 1. The highest BCUT2D eigenvalue weighted by Gasteiger charge is 2.08. The first kappa shape index (κ1) is 15.6. The van der Waals surface area contributed by atoms with Crippen LogP contribution in [0, 0.1) is 6.92 Å². The van der Waals surface area contributed by atoms with Crippen molar-refractivity contribution in [3.05, 3.63) is 77.0 Å². The van der Waals surface area contributed by atoms with Crippen molar-refractivity contribution >= 4 is 11.7 Å². The van der Waals surface area contributed by atoms with Gasteiger partial charge in [0.25, 0.3) is 5.56 Å². The Balaban J connectivity index is 1.74. The Kier molecular flexibility index (Phi) is 4.47. The van der Waals surface area contributed by atoms with E-state index in [-0.39, 0.29) is 18.0 Å². The maximum Gasteiger partial charge on any atom is 0.254 e. The summed E-state index contributed by atoms with van der Waals surface area (Å²) in [6.07, 6.45) is 1.38. The van der Waals surface area contributed by atoms with Crippen LogP contribution in [0.1, 0.15) is 5.69 Å². The van der Waals surface area contributed by atoms with Gasteiger partial charge in [0.15, 0.2) is 0 Å². The number of carbonyl (C=O) groups excluding carboxylic acids is 1. The fraction of sp³-hybridized carbons (Fsp3) is 0.111. The van der Waals surface area contributed by atoms with Crippen LogP contribution < -0.4 is 10.9 Å². The molecular formula is C18H16N4O2. The summed E-state index contributed by atoms with van der Waals surface area (Å²) in [6.45, 7) is 1.73. The molecule has 6 nitrogen and oxygen atoms in total. The number of rotatable bonds is 4. The number of anilines is 1. The first-order valence-electron chi connectivity index (χ1n) is 7.47. The second-order valence-electron chi connectivity index (χ2n) is 5.32. The molecule has 0 unspecified atom stereocenters. The average molecular weight is 320 g/mol. The number of pyridine rings is 1. The van der Waals surface area contributed by atoms with Crippen molar-refractivity contribution in [1.29, 1.82) is 0 Å². The van der Waals surface area contributed by atoms with Gasteiger partial charge in [-0.25, -0.2) is 9.97 Å². The third kappa shape index (κ3) is 3.73. The maximum atomic E-state index is 12.2. The Morgan fingerprint density at radius 2 is 1.92 bits per heavy atom. The van der Waals surface area contributed by atoms with E-state index in [4.69, 9.17) is 0 Å². The van der Waals surface area contributed by atoms with E-state index < -0.39 is 0 Å². The van der Waals surface area contributed by atoms with Crippen LogP contribution in [0.5, 0.6) is 0 Å². The Morgan fingerprint density at radius 1 is 1.12 bits per heavy atom. The number of aryl methyl sites for hydroxylation is 1. The summed E-state index contributed by atoms with van der Waals surface area (Å²) in [4.78, 5) is 32.7. The molecule has 120 valence electrons. The van der Waals surface area contributed by atoms with Gasteiger partial charge in [-0.1, -0.05) is 36.4 Å². The monoisotopic (exact) mass is 320 g/mol. The molecule has 1 aromatic carbocycles. The summed E-state index contributed by atoms with van der Waals surface area (Å²) >= 11 is 0. The van der Waals surface area contributed by atoms with Gasteiger partial charge in [-0.3, -0.25) is 14.2 Å². The lowest BCUT2D eigenvalue weighted by Crippen LogP contribution is -2.27. The summed E-state index contributed by atoms with van der Waals surface area (Å²) in [5.41, 5.74) is 1.96. The van der Waals surface area contributed by atoms with E-state index in [0.717, 1.165) is 11.3 Å². The molecule has 2 heterocycles. The van der Waals surface area contributed by atoms with E-state index in [9.17, 15) is 9.59 Å². The molecular weight excluding hydrogens is 304 g/mol. The lowest BCUT2D eigenvalue weighted by molar-refractivity contribution is -0.116. The Hall–Kier alpha value is -3.28. The van der Waals surface area contributed by atoms with Gasteiger partial charge < -0.3 is 5.32 Å². The van der Waals surface area contributed by atoms with Crippen molar-refractivity contribution in [1.82, 2.24) is 14.5 Å². The zero-order valence-corrected chi connectivity index (χ0v) is 13.1. The number of benzene rings is 1. The molecule has 0 aliphatic heterocycles. The molecule has 24 heavy (non-hydrogen) atoms. The molecule has 0 fully saturated rings. The molecule has 2 aromatic heterocycles. The van der Waals surface area contributed by atoms with E-state index in [0.29, 0.717) is 11.5 Å². The van der Waals surface area contributed by atoms with E-state index in [1.54, 1.807) is 12.1 Å². The standard InChI is InChI=1S/C18H16N4O2/c1-13-6-5-9-16(20-13)21-17(23)11-22-12-19-15(10-18(22)24)14-7-3-2-4-8-14/h2-10,12H,11H2,1H3,(H,20,21,23). The van der Waals surface area contributed by atoms with Crippen LogP contribution in [-0.4, -0.2) is 20.4 Å². The normalized spacial score (nSPS) is 10.4. The lowest BCUT2D eigenvalue weighted by atomic mass is 10.1. The quantitative estimate of drug-likeness (QED) is 0.800. The van der Waals surface area contributed by atoms with Gasteiger partial charge in [0, 0.05) is 17.3 Å². The first-order valence-corrected chi connectivity index (χ1v) is 7.47. The van der Waals surface area contributed by atoms with Gasteiger partial charge in [0.1, 0.15) is 12.4 Å². The number of nitrogens with zero attached hydrogens (tertiary/aromatic N) is 3. The van der Waals surface area contributed by atoms with Crippen molar-refractivity contribution in [2.45, 2.75) is 13.5 Å². The van der Waals surface area contributed by atoms with Crippen molar-refractivity contribution < 1.29 is 4.79 Å². The molecule has 0 bridgehead atoms. The fourth-order valence-electron chi connectivity index (χ4n) is 2.26. The van der Waals surface area contributed by atoms with Crippen LogP contribution >= 0.6 is 0 Å². The third-order valence-corrected chi connectivity index (χ3v) is 3.42. The number of aromatic nitrogens is 3. The van der Waals surface area contributed by atoms with E-state index in [1.807, 2.05) is 43.3 Å². The smallest absolute Gasteiger partial charge is 0.254 e. The zero-order valence-electron chi connectivity index (χ0n) is 13.1. The highest BCUT2D eigenvalue weighted by molar-refractivity contribution is 5.89. The molecule has 0 spiro atoms. The Morgan fingerprint density at radius 3 is 2.62 bits per heavy atom. The lowest BCUT2D eigenvalue weighted by Gasteiger charge is -2.08. The topological polar surface area (TPSA) is 76.9 Å². The SMILES string of the molecule is Cc1cccc(NC(=O)Cn2cnc(-c3ccccc3)cc2=O)n1. The summed E-state index contributed by atoms with van der Waals surface area (Å²) in [6, 6.07) is 16.2.